The molecule has 0 aliphatic heterocycles. The smallest absolute Gasteiger partial charge is 0.139 e. The van der Waals surface area contributed by atoms with Gasteiger partial charge >= 0.3 is 0 Å². The Labute approximate surface area is 128 Å². The summed E-state index contributed by atoms with van der Waals surface area (Å²) >= 11 is 0. The molecule has 0 radical (unpaired) electrons. The van der Waals surface area contributed by atoms with Gasteiger partial charge in [0.05, 0.1) is 6.10 Å². The zero-order chi connectivity index (χ0) is 14.8. The lowest BCUT2D eigenvalue weighted by atomic mass is 9.48. The van der Waals surface area contributed by atoms with E-state index in [9.17, 15) is 9.90 Å². The van der Waals surface area contributed by atoms with E-state index in [1.807, 2.05) is 0 Å². The molecule has 4 aliphatic rings. The molecule has 0 aromatic carbocycles. The van der Waals surface area contributed by atoms with Crippen molar-refractivity contribution in [3.8, 4) is 0 Å². The molecular weight excluding hydrogens is 260 g/mol. The molecule has 116 valence electrons. The minimum absolute atomic E-state index is 0.00582. The number of carbonyl (C=O) groups is 1. The zero-order valence-corrected chi connectivity index (χ0v) is 13.4. The highest BCUT2D eigenvalue weighted by Gasteiger charge is 2.58. The average Bonchev–Trinajstić information content (AvgIpc) is 2.76. The van der Waals surface area contributed by atoms with E-state index in [4.69, 9.17) is 0 Å². The number of hydrogen-bond acceptors (Lipinski definition) is 2. The van der Waals surface area contributed by atoms with E-state index < -0.39 is 0 Å². The lowest BCUT2D eigenvalue weighted by Gasteiger charge is -2.56. The highest BCUT2D eigenvalue weighted by Crippen LogP contribution is 2.63. The minimum Gasteiger partial charge on any atom is -0.392 e. The van der Waals surface area contributed by atoms with Crippen molar-refractivity contribution in [1.82, 2.24) is 0 Å². The van der Waals surface area contributed by atoms with Crippen molar-refractivity contribution in [2.75, 3.05) is 0 Å². The third kappa shape index (κ3) is 1.66. The van der Waals surface area contributed by atoms with E-state index in [1.165, 1.54) is 31.3 Å². The van der Waals surface area contributed by atoms with E-state index in [2.05, 4.69) is 19.9 Å². The largest absolute Gasteiger partial charge is 0.392 e. The van der Waals surface area contributed by atoms with Crippen LogP contribution in [0.25, 0.3) is 0 Å². The van der Waals surface area contributed by atoms with Gasteiger partial charge < -0.3 is 5.11 Å². The highest BCUT2D eigenvalue weighted by molar-refractivity contribution is 5.87. The van der Waals surface area contributed by atoms with Gasteiger partial charge in [-0.15, -0.1) is 0 Å². The number of Topliss-reactive ketones (excluding diaryl/α,β-unsaturated/α-hetero) is 1. The van der Waals surface area contributed by atoms with Crippen molar-refractivity contribution in [3.63, 3.8) is 0 Å². The number of hydrogen-bond donors (Lipinski definition) is 1. The van der Waals surface area contributed by atoms with Gasteiger partial charge in [0, 0.05) is 17.3 Å². The van der Waals surface area contributed by atoms with Gasteiger partial charge in [0.1, 0.15) is 5.78 Å². The Morgan fingerprint density at radius 1 is 1.14 bits per heavy atom. The molecule has 0 spiro atoms. The lowest BCUT2D eigenvalue weighted by Crippen LogP contribution is -2.52. The molecule has 0 amide bonds. The van der Waals surface area contributed by atoms with E-state index in [0.717, 1.165) is 25.7 Å². The van der Waals surface area contributed by atoms with Crippen LogP contribution < -0.4 is 0 Å². The van der Waals surface area contributed by atoms with Crippen molar-refractivity contribution in [2.45, 2.75) is 71.3 Å². The Kier molecular flexibility index (Phi) is 2.96. The first-order valence-corrected chi connectivity index (χ1v) is 8.90. The van der Waals surface area contributed by atoms with Crippen LogP contribution in [-0.2, 0) is 4.79 Å². The summed E-state index contributed by atoms with van der Waals surface area (Å²) in [5.74, 6) is 2.24. The molecule has 21 heavy (non-hydrogen) atoms. The van der Waals surface area contributed by atoms with Gasteiger partial charge in [-0.1, -0.05) is 31.9 Å². The second-order valence-corrected chi connectivity index (χ2v) is 8.46. The molecule has 0 bridgehead atoms. The monoisotopic (exact) mass is 288 g/mol. The molecule has 1 unspecified atom stereocenters. The summed E-state index contributed by atoms with van der Waals surface area (Å²) in [5, 5.41) is 10.8. The predicted octanol–water partition coefficient (Wildman–Crippen LogP) is 3.88. The van der Waals surface area contributed by atoms with E-state index in [0.29, 0.717) is 23.5 Å². The predicted molar refractivity (Wildman–Crippen MR) is 82.7 cm³/mol. The molecular formula is C19H28O2. The summed E-state index contributed by atoms with van der Waals surface area (Å²) in [7, 11) is 0. The average molecular weight is 288 g/mol. The summed E-state index contributed by atoms with van der Waals surface area (Å²) in [6.45, 7) is 4.52. The molecule has 0 heterocycles. The number of aliphatic hydroxyl groups excluding tert-OH is 1. The van der Waals surface area contributed by atoms with Crippen LogP contribution in [0.15, 0.2) is 11.6 Å². The Balaban J connectivity index is 1.76. The topological polar surface area (TPSA) is 37.3 Å². The summed E-state index contributed by atoms with van der Waals surface area (Å²) < 4.78 is 0. The second kappa shape index (κ2) is 4.44. The third-order valence-corrected chi connectivity index (χ3v) is 7.79. The van der Waals surface area contributed by atoms with Gasteiger partial charge in [0.2, 0.25) is 0 Å². The molecule has 6 atom stereocenters. The number of allylic oxidation sites excluding steroid dienone is 1. The van der Waals surface area contributed by atoms with Gasteiger partial charge in [0.25, 0.3) is 0 Å². The molecule has 0 aromatic heterocycles. The molecule has 4 aliphatic carbocycles. The first kappa shape index (κ1) is 14.0. The van der Waals surface area contributed by atoms with Crippen LogP contribution in [0.4, 0.5) is 0 Å². The van der Waals surface area contributed by atoms with Crippen LogP contribution in [0.5, 0.6) is 0 Å². The third-order valence-electron chi connectivity index (χ3n) is 7.79. The molecule has 0 saturated heterocycles. The summed E-state index contributed by atoms with van der Waals surface area (Å²) in [4.78, 5) is 12.4. The Morgan fingerprint density at radius 2 is 1.95 bits per heavy atom. The van der Waals surface area contributed by atoms with Gasteiger partial charge in [0.15, 0.2) is 0 Å². The summed E-state index contributed by atoms with van der Waals surface area (Å²) in [6.07, 6.45) is 10.9. The van der Waals surface area contributed by atoms with Gasteiger partial charge in [-0.2, -0.15) is 0 Å². The molecule has 2 nitrogen and oxygen atoms in total. The Bertz CT molecular complexity index is 508. The zero-order valence-electron chi connectivity index (χ0n) is 13.4. The first-order chi connectivity index (χ1) is 9.98. The van der Waals surface area contributed by atoms with Gasteiger partial charge in [-0.25, -0.2) is 0 Å². The summed E-state index contributed by atoms with van der Waals surface area (Å²) in [5.41, 5.74) is 1.42. The highest BCUT2D eigenvalue weighted by atomic mass is 16.3. The van der Waals surface area contributed by atoms with Crippen LogP contribution in [0.1, 0.15) is 65.2 Å². The number of ketones is 1. The van der Waals surface area contributed by atoms with E-state index in [-0.39, 0.29) is 16.9 Å². The van der Waals surface area contributed by atoms with E-state index >= 15 is 0 Å². The minimum atomic E-state index is -0.174. The van der Waals surface area contributed by atoms with Crippen LogP contribution >= 0.6 is 0 Å². The van der Waals surface area contributed by atoms with Gasteiger partial charge in [-0.3, -0.25) is 4.79 Å². The first-order valence-electron chi connectivity index (χ1n) is 8.90. The SMILES string of the molecule is C[C@@]12C3=CC[C@]4(C)C(=O)CC[C@H]4[C@@H]3CC[C@@H]1CCCC2O. The van der Waals surface area contributed by atoms with Crippen LogP contribution in [-0.4, -0.2) is 17.0 Å². The number of aliphatic hydroxyl groups is 1. The standard InChI is InChI=1S/C19H28O2/c1-18-11-10-15-13(14(18)8-9-16(18)20)7-6-12-4-3-5-17(21)19(12,15)2/h10,12-14,17,21H,3-9,11H2,1-2H3/t12-,13-,14-,17?,18-,19-/m0/s1. The van der Waals surface area contributed by atoms with Crippen molar-refractivity contribution in [1.29, 1.82) is 0 Å². The van der Waals surface area contributed by atoms with Gasteiger partial charge in [-0.05, 0) is 56.3 Å². The van der Waals surface area contributed by atoms with Crippen LogP contribution in [0.2, 0.25) is 0 Å². The van der Waals surface area contributed by atoms with Crippen LogP contribution in [0.3, 0.4) is 0 Å². The number of rotatable bonds is 0. The van der Waals surface area contributed by atoms with Crippen molar-refractivity contribution in [3.05, 3.63) is 11.6 Å². The van der Waals surface area contributed by atoms with E-state index in [1.54, 1.807) is 0 Å². The van der Waals surface area contributed by atoms with Crippen molar-refractivity contribution < 1.29 is 9.90 Å². The molecule has 3 fully saturated rings. The van der Waals surface area contributed by atoms with Crippen molar-refractivity contribution in [2.24, 2.45) is 28.6 Å². The quantitative estimate of drug-likeness (QED) is 0.687. The fraction of sp³-hybridized carbons (Fsp3) is 0.842. The number of carbonyl (C=O) groups excluding carboxylic acids is 1. The van der Waals surface area contributed by atoms with Crippen LogP contribution in [0, 0.1) is 28.6 Å². The second-order valence-electron chi connectivity index (χ2n) is 8.46. The molecule has 3 saturated carbocycles. The normalized spacial score (nSPS) is 52.7. The summed E-state index contributed by atoms with van der Waals surface area (Å²) in [6, 6.07) is 0. The molecule has 4 rings (SSSR count). The molecule has 0 aromatic rings. The Morgan fingerprint density at radius 3 is 2.76 bits per heavy atom. The molecule has 1 N–H and O–H groups in total. The maximum Gasteiger partial charge on any atom is 0.139 e. The Hall–Kier alpha value is -0.630. The van der Waals surface area contributed by atoms with Crippen molar-refractivity contribution >= 4 is 5.78 Å². The lowest BCUT2D eigenvalue weighted by molar-refractivity contribution is -0.128. The fourth-order valence-corrected chi connectivity index (χ4v) is 6.36. The number of fused-ring (bicyclic) bond motifs is 5. The maximum atomic E-state index is 12.4. The maximum absolute atomic E-state index is 12.4. The fourth-order valence-electron chi connectivity index (χ4n) is 6.36. The molecule has 2 heteroatoms.